The molecule has 0 aliphatic rings. The van der Waals surface area contributed by atoms with E-state index in [1.807, 2.05) is 0 Å². The van der Waals surface area contributed by atoms with Crippen molar-refractivity contribution in [2.45, 2.75) is 19.2 Å². The number of hydrogen-bond acceptors (Lipinski definition) is 1. The molecule has 1 aromatic carbocycles. The Morgan fingerprint density at radius 3 is 2.47 bits per heavy atom. The van der Waals surface area contributed by atoms with Gasteiger partial charge in [0.05, 0.1) is 12.9 Å². The summed E-state index contributed by atoms with van der Waals surface area (Å²) in [6.45, 7) is 4.23. The van der Waals surface area contributed by atoms with Crippen molar-refractivity contribution in [2.24, 2.45) is 0 Å². The topological polar surface area (TPSA) is 0 Å². The molecule has 1 heterocycles. The van der Waals surface area contributed by atoms with E-state index in [2.05, 4.69) is 70.0 Å². The molecule has 1 atom stereocenters. The molecule has 0 fully saturated rings. The Morgan fingerprint density at radius 1 is 1.18 bits per heavy atom. The second-order valence-electron chi connectivity index (χ2n) is 3.93. The first kappa shape index (κ1) is 13.6. The fourth-order valence-electron chi connectivity index (χ4n) is 1.74. The summed E-state index contributed by atoms with van der Waals surface area (Å²) in [7, 11) is 0. The van der Waals surface area contributed by atoms with Crippen molar-refractivity contribution in [1.29, 1.82) is 0 Å². The molecule has 90 valence electrons. The molecular weight excluding hydrogens is 383 g/mol. The van der Waals surface area contributed by atoms with Crippen LogP contribution in [0.15, 0.2) is 31.8 Å². The zero-order chi connectivity index (χ0) is 12.6. The largest absolute Gasteiger partial charge is 0.121 e. The molecule has 0 bridgehead atoms. The summed E-state index contributed by atoms with van der Waals surface area (Å²) in [5, 5.41) is -0.105. The van der Waals surface area contributed by atoms with Gasteiger partial charge >= 0.3 is 0 Å². The van der Waals surface area contributed by atoms with Crippen molar-refractivity contribution in [2.75, 3.05) is 0 Å². The Balaban J connectivity index is 2.47. The summed E-state index contributed by atoms with van der Waals surface area (Å²) in [6, 6.07) is 8.34. The van der Waals surface area contributed by atoms with Crippen LogP contribution >= 0.6 is 54.8 Å². The van der Waals surface area contributed by atoms with Crippen molar-refractivity contribution >= 4 is 54.8 Å². The highest BCUT2D eigenvalue weighted by Gasteiger charge is 2.18. The Hall–Kier alpha value is 0.170. The Kier molecular flexibility index (Phi) is 4.35. The summed E-state index contributed by atoms with van der Waals surface area (Å²) < 4.78 is 2.18. The molecule has 0 aliphatic carbocycles. The van der Waals surface area contributed by atoms with Gasteiger partial charge < -0.3 is 0 Å². The minimum absolute atomic E-state index is 0.105. The van der Waals surface area contributed by atoms with Crippen molar-refractivity contribution in [3.8, 4) is 0 Å². The molecule has 4 heteroatoms. The standard InChI is InChI=1S/C13H11Br2ClS/c1-7-4-3-5-9(8(7)2)12(16)10-6-11(14)17-13(10)15/h3-6,12H,1-2H3. The van der Waals surface area contributed by atoms with Gasteiger partial charge in [0.15, 0.2) is 0 Å². The quantitative estimate of drug-likeness (QED) is 0.531. The number of rotatable bonds is 2. The molecule has 0 spiro atoms. The van der Waals surface area contributed by atoms with Crippen LogP contribution in [0.2, 0.25) is 0 Å². The fourth-order valence-corrected chi connectivity index (χ4v) is 5.25. The van der Waals surface area contributed by atoms with Crippen LogP contribution in [0.5, 0.6) is 0 Å². The molecule has 0 nitrogen and oxygen atoms in total. The Bertz CT molecular complexity index is 548. The third kappa shape index (κ3) is 2.78. The minimum atomic E-state index is -0.105. The van der Waals surface area contributed by atoms with Gasteiger partial charge in [-0.05, 0) is 68.5 Å². The maximum absolute atomic E-state index is 6.58. The molecule has 0 radical (unpaired) electrons. The highest BCUT2D eigenvalue weighted by Crippen LogP contribution is 2.41. The average molecular weight is 395 g/mol. The molecule has 0 saturated carbocycles. The normalized spacial score (nSPS) is 12.8. The van der Waals surface area contributed by atoms with Crippen LogP contribution in [0.25, 0.3) is 0 Å². The summed E-state index contributed by atoms with van der Waals surface area (Å²) >= 11 is 15.3. The van der Waals surface area contributed by atoms with E-state index in [1.54, 1.807) is 11.3 Å². The molecular formula is C13H11Br2ClS. The average Bonchev–Trinajstić information content (AvgIpc) is 2.61. The molecule has 2 rings (SSSR count). The summed E-state index contributed by atoms with van der Waals surface area (Å²) in [5.41, 5.74) is 4.84. The van der Waals surface area contributed by atoms with Gasteiger partial charge in [0.25, 0.3) is 0 Å². The molecule has 1 aromatic heterocycles. The van der Waals surface area contributed by atoms with E-state index in [0.29, 0.717) is 0 Å². The van der Waals surface area contributed by atoms with Gasteiger partial charge in [-0.1, -0.05) is 18.2 Å². The molecule has 0 aliphatic heterocycles. The van der Waals surface area contributed by atoms with Crippen molar-refractivity contribution in [3.05, 3.63) is 54.1 Å². The van der Waals surface area contributed by atoms with Crippen molar-refractivity contribution in [3.63, 3.8) is 0 Å². The lowest BCUT2D eigenvalue weighted by Crippen LogP contribution is -1.97. The van der Waals surface area contributed by atoms with Gasteiger partial charge in [0.1, 0.15) is 0 Å². The first-order valence-electron chi connectivity index (χ1n) is 5.15. The highest BCUT2D eigenvalue weighted by molar-refractivity contribution is 9.12. The summed E-state index contributed by atoms with van der Waals surface area (Å²) in [5.74, 6) is 0. The highest BCUT2D eigenvalue weighted by atomic mass is 79.9. The summed E-state index contributed by atoms with van der Waals surface area (Å²) in [4.78, 5) is 0. The summed E-state index contributed by atoms with van der Waals surface area (Å²) in [6.07, 6.45) is 0. The zero-order valence-electron chi connectivity index (χ0n) is 9.43. The van der Waals surface area contributed by atoms with Gasteiger partial charge in [-0.2, -0.15) is 0 Å². The number of alkyl halides is 1. The van der Waals surface area contributed by atoms with Gasteiger partial charge in [0, 0.05) is 5.56 Å². The number of benzene rings is 1. The SMILES string of the molecule is Cc1cccc(C(Cl)c2cc(Br)sc2Br)c1C. The first-order valence-corrected chi connectivity index (χ1v) is 7.99. The molecule has 0 N–H and O–H groups in total. The van der Waals surface area contributed by atoms with Crippen LogP contribution in [0.4, 0.5) is 0 Å². The Morgan fingerprint density at radius 2 is 1.88 bits per heavy atom. The van der Waals surface area contributed by atoms with E-state index in [4.69, 9.17) is 11.6 Å². The zero-order valence-corrected chi connectivity index (χ0v) is 14.2. The van der Waals surface area contributed by atoms with Crippen molar-refractivity contribution in [1.82, 2.24) is 0 Å². The lowest BCUT2D eigenvalue weighted by atomic mass is 9.98. The van der Waals surface area contributed by atoms with E-state index in [0.717, 1.165) is 13.1 Å². The number of halogens is 3. The molecule has 2 aromatic rings. The second kappa shape index (κ2) is 5.43. The van der Waals surface area contributed by atoms with Crippen LogP contribution in [-0.4, -0.2) is 0 Å². The van der Waals surface area contributed by atoms with Crippen LogP contribution in [0.1, 0.15) is 27.6 Å². The van der Waals surface area contributed by atoms with Gasteiger partial charge in [0.2, 0.25) is 0 Å². The minimum Gasteiger partial charge on any atom is -0.121 e. The van der Waals surface area contributed by atoms with Crippen LogP contribution in [0, 0.1) is 13.8 Å². The van der Waals surface area contributed by atoms with E-state index < -0.39 is 0 Å². The van der Waals surface area contributed by atoms with Crippen molar-refractivity contribution < 1.29 is 0 Å². The van der Waals surface area contributed by atoms with Gasteiger partial charge in [-0.25, -0.2) is 0 Å². The van der Waals surface area contributed by atoms with Crippen LogP contribution < -0.4 is 0 Å². The second-order valence-corrected chi connectivity index (χ2v) is 8.12. The Labute approximate surface area is 127 Å². The molecule has 0 amide bonds. The lowest BCUT2D eigenvalue weighted by molar-refractivity contribution is 1.10. The molecule has 17 heavy (non-hydrogen) atoms. The van der Waals surface area contributed by atoms with Crippen LogP contribution in [0.3, 0.4) is 0 Å². The van der Waals surface area contributed by atoms with Gasteiger partial charge in [-0.3, -0.25) is 0 Å². The van der Waals surface area contributed by atoms with E-state index >= 15 is 0 Å². The van der Waals surface area contributed by atoms with Gasteiger partial charge in [-0.15, -0.1) is 22.9 Å². The predicted molar refractivity (Wildman–Crippen MR) is 83.3 cm³/mol. The first-order chi connectivity index (χ1) is 8.00. The third-order valence-corrected chi connectivity index (χ3v) is 5.73. The maximum Gasteiger partial charge on any atom is 0.0857 e. The number of aryl methyl sites for hydroxylation is 1. The van der Waals surface area contributed by atoms with E-state index in [9.17, 15) is 0 Å². The molecule has 0 saturated heterocycles. The maximum atomic E-state index is 6.58. The lowest BCUT2D eigenvalue weighted by Gasteiger charge is -2.14. The number of hydrogen-bond donors (Lipinski definition) is 0. The monoisotopic (exact) mass is 392 g/mol. The van der Waals surface area contributed by atoms with E-state index in [-0.39, 0.29) is 5.38 Å². The number of thiophene rings is 1. The smallest absolute Gasteiger partial charge is 0.0857 e. The fraction of sp³-hybridized carbons (Fsp3) is 0.231. The van der Waals surface area contributed by atoms with E-state index in [1.165, 1.54) is 16.7 Å². The third-order valence-electron chi connectivity index (χ3n) is 2.88. The van der Waals surface area contributed by atoms with Crippen LogP contribution in [-0.2, 0) is 0 Å². The predicted octanol–water partition coefficient (Wildman–Crippen LogP) is 6.22. The molecule has 1 unspecified atom stereocenters.